The molecule has 4 N–H and O–H groups in total. The summed E-state index contributed by atoms with van der Waals surface area (Å²) in [6.45, 7) is 3.79. The van der Waals surface area contributed by atoms with Gasteiger partial charge in [-0.2, -0.15) is 4.98 Å². The Bertz CT molecular complexity index is 830. The lowest BCUT2D eigenvalue weighted by Crippen LogP contribution is -2.36. The molecule has 1 aliphatic heterocycles. The molecule has 0 spiro atoms. The Hall–Kier alpha value is -2.98. The van der Waals surface area contributed by atoms with E-state index in [2.05, 4.69) is 25.5 Å². The molecule has 1 aromatic heterocycles. The van der Waals surface area contributed by atoms with E-state index in [-0.39, 0.29) is 11.7 Å². The molecule has 0 bridgehead atoms. The maximum Gasteiger partial charge on any atom is 0.243 e. The van der Waals surface area contributed by atoms with Gasteiger partial charge in [-0.1, -0.05) is 12.8 Å². The van der Waals surface area contributed by atoms with Crippen molar-refractivity contribution in [2.24, 2.45) is 0 Å². The van der Waals surface area contributed by atoms with E-state index in [1.807, 2.05) is 24.3 Å². The minimum atomic E-state index is -0.507. The molecule has 1 amide bonds. The minimum absolute atomic E-state index is 0.155. The van der Waals surface area contributed by atoms with Crippen LogP contribution in [-0.2, 0) is 9.53 Å². The molecule has 10 heteroatoms. The second-order valence-electron chi connectivity index (χ2n) is 7.29. The summed E-state index contributed by atoms with van der Waals surface area (Å²) in [5.74, 6) is -0.412. The number of nitrogens with one attached hydrogen (secondary N) is 3. The molecule has 1 aromatic carbocycles. The summed E-state index contributed by atoms with van der Waals surface area (Å²) in [5, 5.41) is 14.5. The smallest absolute Gasteiger partial charge is 0.243 e. The molecule has 0 atom stereocenters. The van der Waals surface area contributed by atoms with E-state index in [9.17, 15) is 9.18 Å². The zero-order chi connectivity index (χ0) is 21.9. The van der Waals surface area contributed by atoms with Gasteiger partial charge in [0.1, 0.15) is 0 Å². The van der Waals surface area contributed by atoms with Crippen molar-refractivity contribution in [2.45, 2.75) is 32.1 Å². The summed E-state index contributed by atoms with van der Waals surface area (Å²) < 4.78 is 19.4. The Morgan fingerprint density at radius 2 is 1.87 bits per heavy atom. The lowest BCUT2D eigenvalue weighted by atomic mass is 10.1. The van der Waals surface area contributed by atoms with Crippen molar-refractivity contribution in [1.29, 1.82) is 0 Å². The second kappa shape index (κ2) is 12.0. The molecule has 1 saturated heterocycles. The van der Waals surface area contributed by atoms with E-state index in [0.29, 0.717) is 25.3 Å². The number of halogens is 1. The van der Waals surface area contributed by atoms with Crippen LogP contribution in [0, 0.1) is 5.82 Å². The normalized spacial score (nSPS) is 13.7. The highest BCUT2D eigenvalue weighted by Crippen LogP contribution is 2.21. The Kier molecular flexibility index (Phi) is 8.80. The highest BCUT2D eigenvalue weighted by molar-refractivity contribution is 5.74. The average Bonchev–Trinajstić information content (AvgIpc) is 2.81. The predicted molar refractivity (Wildman–Crippen MR) is 116 cm³/mol. The molecule has 0 radical (unpaired) electrons. The fraction of sp³-hybridized carbons (Fsp3) is 0.476. The molecule has 2 heterocycles. The van der Waals surface area contributed by atoms with Crippen molar-refractivity contribution in [3.05, 3.63) is 36.3 Å². The number of ether oxygens (including phenoxy) is 1. The van der Waals surface area contributed by atoms with E-state index in [1.54, 1.807) is 5.48 Å². The number of unbranched alkanes of at least 4 members (excludes halogenated alkanes) is 3. The number of anilines is 4. The number of morpholine rings is 1. The van der Waals surface area contributed by atoms with Gasteiger partial charge in [-0.3, -0.25) is 10.0 Å². The molecule has 0 unspecified atom stereocenters. The Labute approximate surface area is 181 Å². The Morgan fingerprint density at radius 1 is 1.13 bits per heavy atom. The maximum absolute atomic E-state index is 14.0. The van der Waals surface area contributed by atoms with Gasteiger partial charge < -0.3 is 20.3 Å². The van der Waals surface area contributed by atoms with Gasteiger partial charge in [0.05, 0.1) is 19.4 Å². The second-order valence-corrected chi connectivity index (χ2v) is 7.29. The van der Waals surface area contributed by atoms with Gasteiger partial charge in [0.15, 0.2) is 11.6 Å². The summed E-state index contributed by atoms with van der Waals surface area (Å²) in [6, 6.07) is 7.95. The predicted octanol–water partition coefficient (Wildman–Crippen LogP) is 3.06. The molecule has 1 fully saturated rings. The zero-order valence-corrected chi connectivity index (χ0v) is 17.4. The standard InChI is InChI=1S/C21H29FN6O3/c22-18-15-24-21(26-20(18)23-10-4-2-1-3-5-19(29)27-30)25-16-6-8-17(9-7-16)28-11-13-31-14-12-28/h6-9,15,30H,1-5,10-14H2,(H,27,29)(H2,23,24,25,26). The molecule has 0 aliphatic carbocycles. The van der Waals surface area contributed by atoms with Crippen molar-refractivity contribution >= 4 is 29.0 Å². The molecule has 3 rings (SSSR count). The first-order valence-electron chi connectivity index (χ1n) is 10.5. The van der Waals surface area contributed by atoms with Gasteiger partial charge in [-0.15, -0.1) is 0 Å². The van der Waals surface area contributed by atoms with Gasteiger partial charge >= 0.3 is 0 Å². The van der Waals surface area contributed by atoms with E-state index in [4.69, 9.17) is 9.94 Å². The summed E-state index contributed by atoms with van der Waals surface area (Å²) in [5.41, 5.74) is 3.57. The first-order chi connectivity index (χ1) is 15.2. The van der Waals surface area contributed by atoms with Crippen LogP contribution in [0.4, 0.5) is 27.5 Å². The lowest BCUT2D eigenvalue weighted by Gasteiger charge is -2.28. The largest absolute Gasteiger partial charge is 0.378 e. The van der Waals surface area contributed by atoms with Gasteiger partial charge in [-0.25, -0.2) is 14.9 Å². The van der Waals surface area contributed by atoms with Crippen LogP contribution in [0.25, 0.3) is 0 Å². The topological polar surface area (TPSA) is 112 Å². The summed E-state index contributed by atoms with van der Waals surface area (Å²) in [7, 11) is 0. The van der Waals surface area contributed by atoms with Crippen molar-refractivity contribution in [3.63, 3.8) is 0 Å². The number of hydrogen-bond donors (Lipinski definition) is 4. The third kappa shape index (κ3) is 7.34. The van der Waals surface area contributed by atoms with Crippen LogP contribution in [0.3, 0.4) is 0 Å². The van der Waals surface area contributed by atoms with Crippen LogP contribution >= 0.6 is 0 Å². The third-order valence-corrected chi connectivity index (χ3v) is 4.99. The van der Waals surface area contributed by atoms with E-state index < -0.39 is 5.82 Å². The number of amides is 1. The quantitative estimate of drug-likeness (QED) is 0.244. The molecule has 1 aliphatic rings. The van der Waals surface area contributed by atoms with Crippen LogP contribution < -0.4 is 21.0 Å². The Balaban J connectivity index is 1.45. The SMILES string of the molecule is O=C(CCCCCCNc1nc(Nc2ccc(N3CCOCC3)cc2)ncc1F)NO. The number of hydrogen-bond acceptors (Lipinski definition) is 8. The molecule has 0 saturated carbocycles. The van der Waals surface area contributed by atoms with Crippen molar-refractivity contribution in [2.75, 3.05) is 48.4 Å². The summed E-state index contributed by atoms with van der Waals surface area (Å²) in [6.07, 6.45) is 4.70. The first kappa shape index (κ1) is 22.7. The minimum Gasteiger partial charge on any atom is -0.378 e. The molecule has 168 valence electrons. The van der Waals surface area contributed by atoms with Crippen LogP contribution in [0.2, 0.25) is 0 Å². The highest BCUT2D eigenvalue weighted by atomic mass is 19.1. The average molecular weight is 433 g/mol. The van der Waals surface area contributed by atoms with Gasteiger partial charge in [-0.05, 0) is 37.1 Å². The monoisotopic (exact) mass is 432 g/mol. The number of hydroxylamine groups is 1. The van der Waals surface area contributed by atoms with Crippen LogP contribution in [-0.4, -0.2) is 53.9 Å². The number of nitrogens with zero attached hydrogens (tertiary/aromatic N) is 3. The maximum atomic E-state index is 14.0. The molecule has 31 heavy (non-hydrogen) atoms. The van der Waals surface area contributed by atoms with Crippen molar-refractivity contribution in [1.82, 2.24) is 15.4 Å². The Morgan fingerprint density at radius 3 is 2.61 bits per heavy atom. The first-order valence-corrected chi connectivity index (χ1v) is 10.5. The fourth-order valence-corrected chi connectivity index (χ4v) is 3.28. The summed E-state index contributed by atoms with van der Waals surface area (Å²) >= 11 is 0. The zero-order valence-electron chi connectivity index (χ0n) is 17.4. The van der Waals surface area contributed by atoms with Crippen LogP contribution in [0.15, 0.2) is 30.5 Å². The van der Waals surface area contributed by atoms with E-state index >= 15 is 0 Å². The number of carbonyl (C=O) groups excluding carboxylic acids is 1. The van der Waals surface area contributed by atoms with Crippen LogP contribution in [0.1, 0.15) is 32.1 Å². The molecule has 2 aromatic rings. The number of rotatable bonds is 11. The highest BCUT2D eigenvalue weighted by Gasteiger charge is 2.11. The van der Waals surface area contributed by atoms with Crippen molar-refractivity contribution < 1.29 is 19.1 Å². The van der Waals surface area contributed by atoms with Gasteiger partial charge in [0.2, 0.25) is 11.9 Å². The molecule has 9 nitrogen and oxygen atoms in total. The van der Waals surface area contributed by atoms with Gasteiger partial charge in [0.25, 0.3) is 0 Å². The number of aromatic nitrogens is 2. The van der Waals surface area contributed by atoms with Crippen molar-refractivity contribution in [3.8, 4) is 0 Å². The van der Waals surface area contributed by atoms with Gasteiger partial charge in [0, 0.05) is 37.4 Å². The number of benzene rings is 1. The lowest BCUT2D eigenvalue weighted by molar-refractivity contribution is -0.129. The molecular weight excluding hydrogens is 403 g/mol. The van der Waals surface area contributed by atoms with E-state index in [0.717, 1.165) is 63.1 Å². The third-order valence-electron chi connectivity index (χ3n) is 4.99. The summed E-state index contributed by atoms with van der Waals surface area (Å²) in [4.78, 5) is 21.5. The van der Waals surface area contributed by atoms with E-state index in [1.165, 1.54) is 0 Å². The molecular formula is C21H29FN6O3. The number of carbonyl (C=O) groups is 1. The van der Waals surface area contributed by atoms with Crippen LogP contribution in [0.5, 0.6) is 0 Å². The fourth-order valence-electron chi connectivity index (χ4n) is 3.28.